The second-order valence-electron chi connectivity index (χ2n) is 21.4. The van der Waals surface area contributed by atoms with E-state index < -0.39 is 146 Å². The number of aliphatic hydroxyl groups is 7. The Bertz CT molecular complexity index is 4050. The molecule has 9 heterocycles. The molecular weight excluding hydrogens is 1300 g/mol. The maximum absolute atomic E-state index is 14.1. The van der Waals surface area contributed by atoms with Crippen LogP contribution in [-0.4, -0.2) is 206 Å². The molecule has 0 aliphatic carbocycles. The second-order valence-corrected chi connectivity index (χ2v) is 22.5. The van der Waals surface area contributed by atoms with Gasteiger partial charge in [-0.15, -0.1) is 11.3 Å². The third kappa shape index (κ3) is 17.6. The van der Waals surface area contributed by atoms with Gasteiger partial charge in [0.15, 0.2) is 47.2 Å². The van der Waals surface area contributed by atoms with Crippen LogP contribution >= 0.6 is 11.3 Å². The first kappa shape index (κ1) is 73.2. The van der Waals surface area contributed by atoms with Crippen molar-refractivity contribution in [1.82, 2.24) is 53.9 Å². The number of benzene rings is 1. The lowest BCUT2D eigenvalue weighted by Crippen LogP contribution is -2.41. The second kappa shape index (κ2) is 31.8. The topological polar surface area (TPSA) is 526 Å². The highest BCUT2D eigenvalue weighted by atomic mass is 32.1. The molecule has 0 saturated carbocycles. The molecule has 12 atom stereocenters. The number of fused-ring (bicyclic) bond motifs is 2. The molecule has 16 N–H and O–H groups in total. The van der Waals surface area contributed by atoms with E-state index in [1.54, 1.807) is 31.2 Å². The third-order valence-electron chi connectivity index (χ3n) is 14.5. The number of hydrogen-bond donors (Lipinski definition) is 14. The zero-order valence-electron chi connectivity index (χ0n) is 50.6. The lowest BCUT2D eigenvalue weighted by atomic mass is 10.1. The number of aryl methyl sites for hydroxylation is 1. The van der Waals surface area contributed by atoms with E-state index in [2.05, 4.69) is 45.5 Å². The number of hydrogen-bond acceptors (Lipinski definition) is 28. The molecule has 3 aliphatic rings. The van der Waals surface area contributed by atoms with Gasteiger partial charge in [-0.3, -0.25) is 33.4 Å². The number of ether oxygens (including phenoxy) is 4. The highest BCUT2D eigenvalue weighted by Gasteiger charge is 2.59. The number of carboxylic acids is 2. The van der Waals surface area contributed by atoms with Crippen molar-refractivity contribution in [3.63, 3.8) is 0 Å². The van der Waals surface area contributed by atoms with Gasteiger partial charge < -0.3 is 91.6 Å². The number of nitrogens with zero attached hydrogens (tertiary/aromatic N) is 10. The number of carboxylic acid groups (broad SMARTS) is 2. The van der Waals surface area contributed by atoms with Crippen molar-refractivity contribution in [1.29, 1.82) is 0 Å². The minimum absolute atomic E-state index is 0.0323. The van der Waals surface area contributed by atoms with Gasteiger partial charge in [-0.25, -0.2) is 33.5 Å². The number of nitrogens with two attached hydrogens (primary N) is 2. The Morgan fingerprint density at radius 2 is 1.54 bits per heavy atom. The van der Waals surface area contributed by atoms with Crippen LogP contribution < -0.4 is 43.9 Å². The van der Waals surface area contributed by atoms with Gasteiger partial charge in [0.1, 0.15) is 54.3 Å². The number of aromatic nitrogens is 10. The SMILES string of the molecule is CCCCCOC(=O)Nc1nc(=O)n([C@@H]2O[C@H](C)[C@@H](O)[C@H]2O)cc1F.Cc1nc2ccc(CN(C)c3ccc(C(=O)N[C@@H](CCC(=O)O)C(=O)O)s3)cc2c(=O)[nH]1.Nc1ccn([C@@H]2O[C@H](CO)[C@@H](O)C2(F)F)c(=O)n1.Nc1nc(F)nc2c1ncn2[C@@H]1O[C@H](CO)[C@@H](O)[C@@H]1O. The first-order valence-electron chi connectivity index (χ1n) is 28.6. The Kier molecular flexibility index (Phi) is 24.5. The molecule has 0 bridgehead atoms. The Morgan fingerprint density at radius 1 is 0.853 bits per heavy atom. The Hall–Kier alpha value is -9.23. The average molecular weight is 1370 g/mol. The fourth-order valence-corrected chi connectivity index (χ4v) is 10.4. The smallest absolute Gasteiger partial charge is 0.412 e. The summed E-state index contributed by atoms with van der Waals surface area (Å²) in [6.07, 6.45) is -11.9. The first-order valence-corrected chi connectivity index (χ1v) is 29.5. The number of aromatic amines is 1. The summed E-state index contributed by atoms with van der Waals surface area (Å²) in [6.45, 7) is 4.62. The highest BCUT2D eigenvalue weighted by molar-refractivity contribution is 7.18. The number of H-pyrrole nitrogens is 1. The van der Waals surface area contributed by atoms with Crippen LogP contribution in [0.15, 0.2) is 69.5 Å². The number of rotatable bonds is 19. The number of carbonyl (C=O) groups is 4. The van der Waals surface area contributed by atoms with Crippen molar-refractivity contribution in [2.24, 2.45) is 0 Å². The van der Waals surface area contributed by atoms with Crippen LogP contribution in [0.5, 0.6) is 0 Å². The van der Waals surface area contributed by atoms with E-state index in [1.807, 2.05) is 24.9 Å². The number of aliphatic carboxylic acids is 2. The zero-order valence-corrected chi connectivity index (χ0v) is 51.4. The Morgan fingerprint density at radius 3 is 2.16 bits per heavy atom. The summed E-state index contributed by atoms with van der Waals surface area (Å²) in [5.41, 5.74) is 10.3. The van der Waals surface area contributed by atoms with E-state index in [9.17, 15) is 81.8 Å². The van der Waals surface area contributed by atoms with Crippen molar-refractivity contribution in [3.8, 4) is 0 Å². The predicted molar refractivity (Wildman–Crippen MR) is 321 cm³/mol. The minimum atomic E-state index is -3.71. The molecule has 1 aromatic carbocycles. The fourth-order valence-electron chi connectivity index (χ4n) is 9.51. The van der Waals surface area contributed by atoms with Crippen molar-refractivity contribution in [2.45, 2.75) is 139 Å². The number of carbonyl (C=O) groups excluding carboxylic acids is 2. The zero-order chi connectivity index (χ0) is 69.9. The summed E-state index contributed by atoms with van der Waals surface area (Å²) in [7, 11) is 1.84. The van der Waals surface area contributed by atoms with Crippen molar-refractivity contribution in [3.05, 3.63) is 115 Å². The van der Waals surface area contributed by atoms with Gasteiger partial charge in [0.2, 0.25) is 6.23 Å². The van der Waals surface area contributed by atoms with E-state index in [0.717, 1.165) is 46.4 Å². The monoisotopic (exact) mass is 1370 g/mol. The Balaban J connectivity index is 0.000000183. The number of anilines is 4. The van der Waals surface area contributed by atoms with Crippen LogP contribution in [0.4, 0.5) is 44.8 Å². The normalized spacial score (nSPS) is 22.9. The number of halogens is 4. The van der Waals surface area contributed by atoms with E-state index in [1.165, 1.54) is 29.2 Å². The maximum Gasteiger partial charge on any atom is 0.412 e. The fraction of sp³-hybridized carbons (Fsp3) is 0.473. The summed E-state index contributed by atoms with van der Waals surface area (Å²) in [4.78, 5) is 108. The third-order valence-corrected chi connectivity index (χ3v) is 15.7. The van der Waals surface area contributed by atoms with Crippen LogP contribution in [0.1, 0.15) is 85.7 Å². The molecule has 0 radical (unpaired) electrons. The van der Waals surface area contributed by atoms with E-state index in [4.69, 9.17) is 45.7 Å². The quantitative estimate of drug-likeness (QED) is 0.0278. The number of aliphatic hydroxyl groups excluding tert-OH is 7. The number of nitrogens with one attached hydrogen (secondary N) is 3. The van der Waals surface area contributed by atoms with Crippen LogP contribution in [0.2, 0.25) is 0 Å². The van der Waals surface area contributed by atoms with E-state index >= 15 is 0 Å². The Labute approximate surface area is 535 Å². The molecule has 95 heavy (non-hydrogen) atoms. The first-order chi connectivity index (χ1) is 44.9. The predicted octanol–water partition coefficient (Wildman–Crippen LogP) is -0.392. The molecule has 40 heteroatoms. The largest absolute Gasteiger partial charge is 0.481 e. The van der Waals surface area contributed by atoms with Crippen LogP contribution in [-0.2, 0) is 35.1 Å². The van der Waals surface area contributed by atoms with E-state index in [-0.39, 0.29) is 47.8 Å². The molecule has 10 rings (SSSR count). The molecule has 0 unspecified atom stereocenters. The van der Waals surface area contributed by atoms with Gasteiger partial charge in [0.25, 0.3) is 11.5 Å². The molecule has 35 nitrogen and oxygen atoms in total. The number of thiophene rings is 1. The number of imidazole rings is 1. The number of unbranched alkanes of at least 4 members (excludes halogenated alkanes) is 2. The van der Waals surface area contributed by atoms with Gasteiger partial charge in [-0.2, -0.15) is 33.1 Å². The summed E-state index contributed by atoms with van der Waals surface area (Å²) in [5, 5.41) is 90.0. The lowest BCUT2D eigenvalue weighted by Gasteiger charge is -2.20. The van der Waals surface area contributed by atoms with Crippen molar-refractivity contribution >= 4 is 79.8 Å². The number of amides is 2. The van der Waals surface area contributed by atoms with Gasteiger partial charge in [0, 0.05) is 26.2 Å². The molecule has 7 aromatic rings. The standard InChI is InChI=1S/C21H22N4O6S.C15H22FN3O6.C10H12FN5O4.C9H11F2N3O4/c1-11-22-14-4-3-12(9-13(14)19(28)23-11)10-25(2)17-7-6-16(32-17)20(29)24-15(21(30)31)5-8-18(26)27;1-3-4-5-6-24-15(23)18-12-9(16)7-19(14(22)17-12)13-11(21)10(20)8(2)25-13;11-10-14-7(12)4-8(15-10)16(2-13-4)9-6(19)5(18)3(1-17)20-9;10-9(11)6(16)4(3-15)18-7(9)14-2-1-5(12)13-8(14)17/h3-4,6-7,9,15H,5,8,10H2,1-2H3,(H,24,29)(H,26,27)(H,30,31)(H,22,23,28);7-8,10-11,13,20-21H,3-6H2,1-2H3,(H,17,18,22,23);2-3,5-6,9,17-19H,1H2,(H2,12,14,15);1-2,4,6-7,15-16H,3H2,(H2,12,13,17)/t15-;8-,10-,11-,13-;3-,5-,6+,9-;4-,6-,7-/m0111/s1. The van der Waals surface area contributed by atoms with Gasteiger partial charge in [-0.05, 0) is 62.6 Å². The summed E-state index contributed by atoms with van der Waals surface area (Å²) >= 11 is 1.18. The summed E-state index contributed by atoms with van der Waals surface area (Å²) < 4.78 is 77.4. The lowest BCUT2D eigenvalue weighted by molar-refractivity contribution is -0.141. The number of alkyl halides is 2. The average Bonchev–Trinajstić information content (AvgIpc) is 1.66. The van der Waals surface area contributed by atoms with E-state index in [0.29, 0.717) is 39.1 Å². The van der Waals surface area contributed by atoms with Crippen LogP contribution in [0, 0.1) is 18.8 Å². The minimum Gasteiger partial charge on any atom is -0.481 e. The molecule has 3 aliphatic heterocycles. The molecular formula is C55H67F4N15O20S. The van der Waals surface area contributed by atoms with Gasteiger partial charge in [0.05, 0.1) is 59.2 Å². The van der Waals surface area contributed by atoms with Gasteiger partial charge in [-0.1, -0.05) is 25.8 Å². The maximum atomic E-state index is 14.1. The summed E-state index contributed by atoms with van der Waals surface area (Å²) in [6, 6.07) is 8.64. The molecule has 6 aromatic heterocycles. The van der Waals surface area contributed by atoms with Crippen molar-refractivity contribution < 1.29 is 102 Å². The van der Waals surface area contributed by atoms with Crippen LogP contribution in [0.3, 0.4) is 0 Å². The molecule has 3 fully saturated rings. The molecule has 0 spiro atoms. The highest BCUT2D eigenvalue weighted by Crippen LogP contribution is 2.42. The van der Waals surface area contributed by atoms with Crippen molar-refractivity contribution in [2.75, 3.05) is 48.6 Å². The summed E-state index contributed by atoms with van der Waals surface area (Å²) in [5.74, 6) is -8.00. The van der Waals surface area contributed by atoms with Gasteiger partial charge >= 0.3 is 41.4 Å². The molecule has 2 amide bonds. The molecule has 516 valence electrons. The number of nitrogen functional groups attached to an aromatic ring is 2. The van der Waals surface area contributed by atoms with Crippen LogP contribution in [0.25, 0.3) is 22.1 Å². The molecule has 3 saturated heterocycles.